The van der Waals surface area contributed by atoms with Crippen molar-refractivity contribution in [2.24, 2.45) is 0 Å². The van der Waals surface area contributed by atoms with Gasteiger partial charge in [-0.15, -0.1) is 0 Å². The number of carbonyl (C=O) groups excluding carboxylic acids is 2. The van der Waals surface area contributed by atoms with Crippen LogP contribution in [0.2, 0.25) is 5.02 Å². The number of hydrogen-bond acceptors (Lipinski definition) is 9. The third-order valence-electron chi connectivity index (χ3n) is 6.61. The molecule has 3 N–H and O–H groups in total. The van der Waals surface area contributed by atoms with E-state index < -0.39 is 15.1 Å². The van der Waals surface area contributed by atoms with E-state index in [2.05, 4.69) is 25.9 Å². The van der Waals surface area contributed by atoms with Crippen LogP contribution >= 0.6 is 11.6 Å². The van der Waals surface area contributed by atoms with Crippen molar-refractivity contribution in [1.29, 1.82) is 0 Å². The van der Waals surface area contributed by atoms with Gasteiger partial charge in [-0.05, 0) is 69.5 Å². The first kappa shape index (κ1) is 31.0. The lowest BCUT2D eigenvalue weighted by Gasteiger charge is -2.21. The van der Waals surface area contributed by atoms with Gasteiger partial charge in [-0.2, -0.15) is 4.98 Å². The van der Waals surface area contributed by atoms with Gasteiger partial charge in [0.1, 0.15) is 16.6 Å². The van der Waals surface area contributed by atoms with Crippen molar-refractivity contribution < 1.29 is 22.7 Å². The molecule has 1 aliphatic carbocycles. The predicted octanol–water partition coefficient (Wildman–Crippen LogP) is 6.08. The first-order chi connectivity index (χ1) is 19.9. The molecule has 1 aliphatic rings. The molecular weight excluding hydrogens is 578 g/mol. The molecule has 0 aliphatic heterocycles. The Morgan fingerprint density at radius 1 is 1.05 bits per heavy atom. The number of Topliss-reactive ketones (excluding diaryl/α,β-unsaturated/α-hetero) is 1. The second kappa shape index (κ2) is 12.9. The molecule has 2 aromatic carbocycles. The Balaban J connectivity index is 1.75. The molecule has 1 amide bonds. The summed E-state index contributed by atoms with van der Waals surface area (Å²) in [5.74, 6) is 0.645. The number of para-hydroxylation sites is 1. The van der Waals surface area contributed by atoms with Crippen LogP contribution in [-0.2, 0) is 14.6 Å². The van der Waals surface area contributed by atoms with E-state index >= 15 is 0 Å². The highest BCUT2D eigenvalue weighted by molar-refractivity contribution is 7.92. The van der Waals surface area contributed by atoms with Crippen molar-refractivity contribution in [2.75, 3.05) is 17.7 Å². The molecule has 1 heterocycles. The average molecular weight is 612 g/mol. The molecule has 1 aromatic heterocycles. The quantitative estimate of drug-likeness (QED) is 0.249. The molecule has 0 spiro atoms. The minimum atomic E-state index is -3.59. The standard InChI is InChI=1S/C30H34ClN5O5S/c1-17(2)41-26-15-21(19-10-12-20(37)13-11-19)22(29(38)32-5)14-25(26)35-30-33-16-23(31)28(36-30)34-24-8-6-7-9-27(24)42(39,40)18(3)4/h6-10,14-18H,11-13H2,1-5H3,(H,32,38)(H2,33,34,35,36). The maximum Gasteiger partial charge on any atom is 0.251 e. The molecule has 0 saturated heterocycles. The molecule has 10 nitrogen and oxygen atoms in total. The summed E-state index contributed by atoms with van der Waals surface area (Å²) in [5, 5.41) is 8.40. The fraction of sp³-hybridized carbons (Fsp3) is 0.333. The normalized spacial score (nSPS) is 13.6. The lowest BCUT2D eigenvalue weighted by atomic mass is 9.89. The number of carbonyl (C=O) groups is 2. The number of hydrogen-bond donors (Lipinski definition) is 3. The number of ketones is 1. The maximum atomic E-state index is 13.0. The monoisotopic (exact) mass is 611 g/mol. The number of nitrogens with one attached hydrogen (secondary N) is 3. The number of amides is 1. The van der Waals surface area contributed by atoms with E-state index in [0.29, 0.717) is 47.5 Å². The van der Waals surface area contributed by atoms with E-state index in [-0.39, 0.29) is 39.5 Å². The van der Waals surface area contributed by atoms with Crippen LogP contribution in [0.1, 0.15) is 62.9 Å². The lowest BCUT2D eigenvalue weighted by molar-refractivity contribution is -0.118. The second-order valence-corrected chi connectivity index (χ2v) is 13.2. The molecule has 0 bridgehead atoms. The average Bonchev–Trinajstić information content (AvgIpc) is 2.95. The van der Waals surface area contributed by atoms with Crippen molar-refractivity contribution in [1.82, 2.24) is 15.3 Å². The molecule has 4 rings (SSSR count). The number of sulfone groups is 1. The Morgan fingerprint density at radius 2 is 1.79 bits per heavy atom. The summed E-state index contributed by atoms with van der Waals surface area (Å²) in [6, 6.07) is 9.98. The number of ether oxygens (including phenoxy) is 1. The molecule has 0 fully saturated rings. The maximum absolute atomic E-state index is 13.0. The van der Waals surface area contributed by atoms with Gasteiger partial charge in [-0.3, -0.25) is 9.59 Å². The molecule has 12 heteroatoms. The number of allylic oxidation sites excluding steroid dienone is 2. The van der Waals surface area contributed by atoms with Crippen LogP contribution in [0.25, 0.3) is 5.57 Å². The van der Waals surface area contributed by atoms with E-state index in [1.165, 1.54) is 12.3 Å². The van der Waals surface area contributed by atoms with Gasteiger partial charge in [0, 0.05) is 25.5 Å². The fourth-order valence-corrected chi connectivity index (χ4v) is 5.75. The molecule has 42 heavy (non-hydrogen) atoms. The van der Waals surface area contributed by atoms with Crippen LogP contribution in [0.15, 0.2) is 53.6 Å². The number of aromatic nitrogens is 2. The number of benzene rings is 2. The topological polar surface area (TPSA) is 139 Å². The number of nitrogens with zero attached hydrogens (tertiary/aromatic N) is 2. The second-order valence-electron chi connectivity index (χ2n) is 10.3. The first-order valence-corrected chi connectivity index (χ1v) is 15.5. The van der Waals surface area contributed by atoms with Crippen LogP contribution in [-0.4, -0.2) is 48.5 Å². The van der Waals surface area contributed by atoms with E-state index in [1.807, 2.05) is 19.9 Å². The highest BCUT2D eigenvalue weighted by Crippen LogP contribution is 2.38. The Bertz CT molecular complexity index is 1650. The van der Waals surface area contributed by atoms with Crippen LogP contribution in [0, 0.1) is 0 Å². The molecule has 222 valence electrons. The predicted molar refractivity (Wildman–Crippen MR) is 165 cm³/mol. The molecule has 0 unspecified atom stereocenters. The highest BCUT2D eigenvalue weighted by Gasteiger charge is 2.24. The van der Waals surface area contributed by atoms with Crippen LogP contribution in [0.4, 0.5) is 23.1 Å². The summed E-state index contributed by atoms with van der Waals surface area (Å²) < 4.78 is 32.0. The van der Waals surface area contributed by atoms with E-state index in [4.69, 9.17) is 16.3 Å². The molecular formula is C30H34ClN5O5S. The summed E-state index contributed by atoms with van der Waals surface area (Å²) in [4.78, 5) is 33.7. The lowest BCUT2D eigenvalue weighted by Crippen LogP contribution is -2.21. The van der Waals surface area contributed by atoms with Crippen LogP contribution in [0.3, 0.4) is 0 Å². The zero-order valence-corrected chi connectivity index (χ0v) is 25.7. The summed E-state index contributed by atoms with van der Waals surface area (Å²) in [7, 11) is -2.04. The van der Waals surface area contributed by atoms with E-state index in [9.17, 15) is 18.0 Å². The van der Waals surface area contributed by atoms with Gasteiger partial charge in [0.05, 0.1) is 33.8 Å². The minimum absolute atomic E-state index is 0.126. The van der Waals surface area contributed by atoms with Gasteiger partial charge in [0.15, 0.2) is 15.7 Å². The van der Waals surface area contributed by atoms with Crippen LogP contribution < -0.4 is 20.7 Å². The first-order valence-electron chi connectivity index (χ1n) is 13.6. The minimum Gasteiger partial charge on any atom is -0.489 e. The Labute approximate surface area is 250 Å². The summed E-state index contributed by atoms with van der Waals surface area (Å²) in [5.41, 5.74) is 2.75. The zero-order valence-electron chi connectivity index (χ0n) is 24.1. The molecule has 0 radical (unpaired) electrons. The third-order valence-corrected chi connectivity index (χ3v) is 9.09. The molecule has 3 aromatic rings. The van der Waals surface area contributed by atoms with Crippen molar-refractivity contribution in [3.63, 3.8) is 0 Å². The molecule has 0 atom stereocenters. The zero-order chi connectivity index (χ0) is 30.6. The van der Waals surface area contributed by atoms with Gasteiger partial charge < -0.3 is 20.7 Å². The van der Waals surface area contributed by atoms with Crippen molar-refractivity contribution >= 4 is 61.8 Å². The smallest absolute Gasteiger partial charge is 0.251 e. The van der Waals surface area contributed by atoms with Crippen molar-refractivity contribution in [3.05, 3.63) is 64.8 Å². The number of anilines is 4. The highest BCUT2D eigenvalue weighted by atomic mass is 35.5. The number of halogens is 1. The SMILES string of the molecule is CNC(=O)c1cc(Nc2ncc(Cl)c(Nc3ccccc3S(=O)(=O)C(C)C)n2)c(OC(C)C)cc1C1=CCC(=O)CC1. The fourth-order valence-electron chi connectivity index (χ4n) is 4.41. The van der Waals surface area contributed by atoms with E-state index in [1.54, 1.807) is 51.2 Å². The van der Waals surface area contributed by atoms with Gasteiger partial charge in [0.25, 0.3) is 5.91 Å². The summed E-state index contributed by atoms with van der Waals surface area (Å²) in [6.45, 7) is 7.01. The molecule has 0 saturated carbocycles. The van der Waals surface area contributed by atoms with Crippen molar-refractivity contribution in [2.45, 2.75) is 63.2 Å². The third kappa shape index (κ3) is 6.91. The van der Waals surface area contributed by atoms with Crippen molar-refractivity contribution in [3.8, 4) is 5.75 Å². The number of rotatable bonds is 10. The Morgan fingerprint density at radius 3 is 2.43 bits per heavy atom. The van der Waals surface area contributed by atoms with Gasteiger partial charge in [-0.25, -0.2) is 13.4 Å². The van der Waals surface area contributed by atoms with Gasteiger partial charge in [-0.1, -0.05) is 29.8 Å². The van der Waals surface area contributed by atoms with Gasteiger partial charge in [0.2, 0.25) is 5.95 Å². The Kier molecular flexibility index (Phi) is 9.53. The van der Waals surface area contributed by atoms with Gasteiger partial charge >= 0.3 is 0 Å². The Hall–Kier alpha value is -3.96. The summed E-state index contributed by atoms with van der Waals surface area (Å²) in [6.07, 6.45) is 4.32. The van der Waals surface area contributed by atoms with E-state index in [0.717, 1.165) is 5.57 Å². The van der Waals surface area contributed by atoms with Crippen LogP contribution in [0.5, 0.6) is 5.75 Å². The largest absolute Gasteiger partial charge is 0.489 e. The summed E-state index contributed by atoms with van der Waals surface area (Å²) >= 11 is 6.41.